The zero-order valence-electron chi connectivity index (χ0n) is 24.0. The summed E-state index contributed by atoms with van der Waals surface area (Å²) in [5, 5.41) is 16.2. The Kier molecular flexibility index (Phi) is 7.08. The van der Waals surface area contributed by atoms with Gasteiger partial charge in [0.1, 0.15) is 5.69 Å². The van der Waals surface area contributed by atoms with Gasteiger partial charge in [-0.1, -0.05) is 0 Å². The van der Waals surface area contributed by atoms with Crippen LogP contribution in [-0.2, 0) is 4.79 Å². The summed E-state index contributed by atoms with van der Waals surface area (Å²) in [4.78, 5) is 38.9. The van der Waals surface area contributed by atoms with Gasteiger partial charge in [-0.15, -0.1) is 11.3 Å². The molecule has 0 atom stereocenters. The normalized spacial score (nSPS) is 14.0. The predicted molar refractivity (Wildman–Crippen MR) is 171 cm³/mol. The van der Waals surface area contributed by atoms with Gasteiger partial charge in [0.25, 0.3) is 0 Å². The SMILES string of the molecule is CC(=O)c1ccc(-c2nccc3[nH]c(-c4n[nH]c5cc(C)c(-c6cncc(NC(=O)CC7CCNCC7)c6)cc45)cc23)s1. The minimum atomic E-state index is 0.0304. The Morgan fingerprint density at radius 2 is 1.84 bits per heavy atom. The van der Waals surface area contributed by atoms with E-state index in [1.165, 1.54) is 11.3 Å². The van der Waals surface area contributed by atoms with Crippen LogP contribution in [0, 0.1) is 12.8 Å². The largest absolute Gasteiger partial charge is 0.353 e. The second kappa shape index (κ2) is 11.2. The number of carbonyl (C=O) groups excluding carboxylic acids is 2. The number of nitrogens with zero attached hydrogens (tertiary/aromatic N) is 3. The Labute approximate surface area is 252 Å². The minimum absolute atomic E-state index is 0.0304. The molecule has 0 spiro atoms. The molecule has 1 fully saturated rings. The molecule has 0 bridgehead atoms. The number of fused-ring (bicyclic) bond motifs is 2. The third-order valence-corrected chi connectivity index (χ3v) is 9.36. The smallest absolute Gasteiger partial charge is 0.224 e. The lowest BCUT2D eigenvalue weighted by Gasteiger charge is -2.21. The summed E-state index contributed by atoms with van der Waals surface area (Å²) in [7, 11) is 0. The van der Waals surface area contributed by atoms with Gasteiger partial charge >= 0.3 is 0 Å². The molecule has 6 aromatic rings. The molecule has 10 heteroatoms. The molecule has 1 aromatic carbocycles. The number of aromatic nitrogens is 5. The zero-order chi connectivity index (χ0) is 29.5. The monoisotopic (exact) mass is 589 g/mol. The highest BCUT2D eigenvalue weighted by Crippen LogP contribution is 2.37. The second-order valence-electron chi connectivity index (χ2n) is 11.2. The minimum Gasteiger partial charge on any atom is -0.353 e. The van der Waals surface area contributed by atoms with Gasteiger partial charge in [-0.3, -0.25) is 24.7 Å². The fourth-order valence-electron chi connectivity index (χ4n) is 5.94. The lowest BCUT2D eigenvalue weighted by molar-refractivity contribution is -0.117. The van der Waals surface area contributed by atoms with Crippen molar-refractivity contribution in [2.75, 3.05) is 18.4 Å². The summed E-state index contributed by atoms with van der Waals surface area (Å²) in [6.45, 7) is 5.59. The molecule has 5 aromatic heterocycles. The van der Waals surface area contributed by atoms with E-state index in [-0.39, 0.29) is 11.7 Å². The number of H-pyrrole nitrogens is 2. The molecule has 43 heavy (non-hydrogen) atoms. The molecule has 0 unspecified atom stereocenters. The molecule has 1 amide bonds. The maximum Gasteiger partial charge on any atom is 0.224 e. The molecule has 1 aliphatic rings. The predicted octanol–water partition coefficient (Wildman–Crippen LogP) is 6.74. The number of aromatic amines is 2. The molecule has 7 rings (SSSR count). The number of amides is 1. The van der Waals surface area contributed by atoms with Crippen molar-refractivity contribution in [3.05, 3.63) is 71.5 Å². The third-order valence-electron chi connectivity index (χ3n) is 8.16. The van der Waals surface area contributed by atoms with Crippen LogP contribution >= 0.6 is 11.3 Å². The van der Waals surface area contributed by atoms with Crippen LogP contribution in [0.1, 0.15) is 41.4 Å². The van der Waals surface area contributed by atoms with Crippen LogP contribution in [0.5, 0.6) is 0 Å². The Morgan fingerprint density at radius 3 is 2.65 bits per heavy atom. The lowest BCUT2D eigenvalue weighted by Crippen LogP contribution is -2.30. The topological polar surface area (TPSA) is 128 Å². The summed E-state index contributed by atoms with van der Waals surface area (Å²) in [5.74, 6) is 0.497. The molecule has 0 aliphatic carbocycles. The van der Waals surface area contributed by atoms with Gasteiger partial charge in [-0.2, -0.15) is 5.10 Å². The average molecular weight is 590 g/mol. The molecule has 6 heterocycles. The van der Waals surface area contributed by atoms with Crippen molar-refractivity contribution in [2.45, 2.75) is 33.1 Å². The number of benzene rings is 1. The van der Waals surface area contributed by atoms with Crippen molar-refractivity contribution in [2.24, 2.45) is 5.92 Å². The number of ketones is 1. The highest BCUT2D eigenvalue weighted by Gasteiger charge is 2.19. The van der Waals surface area contributed by atoms with Crippen LogP contribution in [0.15, 0.2) is 61.1 Å². The Hall–Kier alpha value is -4.67. The van der Waals surface area contributed by atoms with E-state index >= 15 is 0 Å². The number of hydrogen-bond acceptors (Lipinski definition) is 7. The van der Waals surface area contributed by atoms with Crippen LogP contribution in [0.2, 0.25) is 0 Å². The van der Waals surface area contributed by atoms with E-state index in [0.29, 0.717) is 22.9 Å². The van der Waals surface area contributed by atoms with Gasteiger partial charge in [0.05, 0.1) is 38.5 Å². The first-order chi connectivity index (χ1) is 20.9. The average Bonchev–Trinajstić information content (AvgIpc) is 3.75. The summed E-state index contributed by atoms with van der Waals surface area (Å²) in [5.41, 5.74) is 8.08. The first-order valence-corrected chi connectivity index (χ1v) is 15.3. The quantitative estimate of drug-likeness (QED) is 0.153. The van der Waals surface area contributed by atoms with E-state index < -0.39 is 0 Å². The molecular weight excluding hydrogens is 558 g/mol. The number of rotatable bonds is 7. The van der Waals surface area contributed by atoms with Gasteiger partial charge < -0.3 is 15.6 Å². The van der Waals surface area contributed by atoms with Crippen LogP contribution < -0.4 is 10.6 Å². The first-order valence-electron chi connectivity index (χ1n) is 14.5. The van der Waals surface area contributed by atoms with Crippen LogP contribution in [0.25, 0.3) is 54.9 Å². The number of nitrogens with one attached hydrogen (secondary N) is 4. The highest BCUT2D eigenvalue weighted by atomic mass is 32.1. The maximum atomic E-state index is 12.8. The summed E-state index contributed by atoms with van der Waals surface area (Å²) < 4.78 is 0. The number of anilines is 1. The highest BCUT2D eigenvalue weighted by molar-refractivity contribution is 7.17. The number of piperidine rings is 1. The van der Waals surface area contributed by atoms with E-state index in [2.05, 4.69) is 60.9 Å². The molecular formula is C33H31N7O2S. The standard InChI is InChI=1S/C33H31N7O2S/c1-18-11-27-24(14-23(18)21-13-22(17-35-16-21)37-31(42)12-20-5-8-34-9-6-20)32(40-39-27)28-15-25-26(38-28)7-10-36-33(25)30-4-3-29(43-30)19(2)41/h3-4,7,10-11,13-17,20,34,38H,5-6,8-9,12H2,1-2H3,(H,37,42)(H,39,40). The van der Waals surface area contributed by atoms with Gasteiger partial charge in [-0.05, 0) is 99.3 Å². The summed E-state index contributed by atoms with van der Waals surface area (Å²) in [6.07, 6.45) is 7.89. The van der Waals surface area contributed by atoms with E-state index in [1.54, 1.807) is 19.3 Å². The number of thiophene rings is 1. The van der Waals surface area contributed by atoms with Crippen molar-refractivity contribution in [1.29, 1.82) is 0 Å². The van der Waals surface area contributed by atoms with Crippen molar-refractivity contribution < 1.29 is 9.59 Å². The number of Topliss-reactive ketones (excluding diaryl/α,β-unsaturated/α-hetero) is 1. The Balaban J connectivity index is 1.21. The number of pyridine rings is 2. The van der Waals surface area contributed by atoms with E-state index in [9.17, 15) is 9.59 Å². The summed E-state index contributed by atoms with van der Waals surface area (Å²) >= 11 is 1.45. The van der Waals surface area contributed by atoms with Gasteiger partial charge in [0.15, 0.2) is 5.78 Å². The molecule has 1 aliphatic heterocycles. The van der Waals surface area contributed by atoms with Crippen molar-refractivity contribution in [1.82, 2.24) is 30.5 Å². The van der Waals surface area contributed by atoms with Crippen molar-refractivity contribution >= 4 is 50.5 Å². The van der Waals surface area contributed by atoms with Crippen LogP contribution in [0.4, 0.5) is 5.69 Å². The summed E-state index contributed by atoms with van der Waals surface area (Å²) in [6, 6.07) is 14.0. The van der Waals surface area contributed by atoms with Crippen LogP contribution in [0.3, 0.4) is 0 Å². The van der Waals surface area contributed by atoms with Crippen molar-refractivity contribution in [3.63, 3.8) is 0 Å². The van der Waals surface area contributed by atoms with Gasteiger partial charge in [0, 0.05) is 40.7 Å². The third kappa shape index (κ3) is 5.35. The molecule has 216 valence electrons. The number of aryl methyl sites for hydroxylation is 1. The number of hydrogen-bond donors (Lipinski definition) is 4. The molecule has 0 radical (unpaired) electrons. The molecule has 9 nitrogen and oxygen atoms in total. The van der Waals surface area contributed by atoms with Crippen LogP contribution in [-0.4, -0.2) is 49.9 Å². The molecule has 4 N–H and O–H groups in total. The first kappa shape index (κ1) is 27.2. The fraction of sp³-hybridized carbons (Fsp3) is 0.242. The van der Waals surface area contributed by atoms with E-state index in [1.807, 2.05) is 30.5 Å². The second-order valence-corrected chi connectivity index (χ2v) is 12.3. The zero-order valence-corrected chi connectivity index (χ0v) is 24.8. The Bertz CT molecular complexity index is 2000. The number of carbonyl (C=O) groups is 2. The Morgan fingerprint density at radius 1 is 1.00 bits per heavy atom. The van der Waals surface area contributed by atoms with Gasteiger partial charge in [-0.25, -0.2) is 0 Å². The van der Waals surface area contributed by atoms with Crippen molar-refractivity contribution in [3.8, 4) is 33.1 Å². The molecule has 1 saturated heterocycles. The van der Waals surface area contributed by atoms with Gasteiger partial charge in [0.2, 0.25) is 5.91 Å². The van der Waals surface area contributed by atoms with E-state index in [0.717, 1.165) is 86.4 Å². The fourth-order valence-corrected chi connectivity index (χ4v) is 6.85. The molecule has 0 saturated carbocycles. The maximum absolute atomic E-state index is 12.8. The van der Waals surface area contributed by atoms with E-state index in [4.69, 9.17) is 0 Å². The lowest BCUT2D eigenvalue weighted by atomic mass is 9.94.